The number of halogens is 1. The second kappa shape index (κ2) is 5.49. The maximum atomic E-state index is 13.9. The van der Waals surface area contributed by atoms with Crippen molar-refractivity contribution in [2.45, 2.75) is 29.4 Å². The summed E-state index contributed by atoms with van der Waals surface area (Å²) in [5.41, 5.74) is 6.68. The van der Waals surface area contributed by atoms with E-state index in [2.05, 4.69) is 10.1 Å². The fourth-order valence-corrected chi connectivity index (χ4v) is 2.55. The summed E-state index contributed by atoms with van der Waals surface area (Å²) >= 11 is 1.27. The quantitative estimate of drug-likeness (QED) is 0.919. The summed E-state index contributed by atoms with van der Waals surface area (Å²) in [7, 11) is 1.78. The zero-order valence-electron chi connectivity index (χ0n) is 10.3. The molecule has 96 valence electrons. The molecule has 0 aliphatic rings. The number of nitrogens with zero attached hydrogens (tertiary/aromatic N) is 3. The minimum Gasteiger partial charge on any atom is -0.328 e. The first-order chi connectivity index (χ1) is 8.58. The molecule has 4 nitrogen and oxygen atoms in total. The molecule has 1 aromatic heterocycles. The topological polar surface area (TPSA) is 56.7 Å². The Labute approximate surface area is 109 Å². The summed E-state index contributed by atoms with van der Waals surface area (Å²) in [5, 5.41) is 4.63. The second-order valence-corrected chi connectivity index (χ2v) is 5.16. The van der Waals surface area contributed by atoms with E-state index in [9.17, 15) is 4.39 Å². The van der Waals surface area contributed by atoms with Crippen LogP contribution in [0.2, 0.25) is 0 Å². The van der Waals surface area contributed by atoms with Crippen LogP contribution in [0, 0.1) is 5.82 Å². The third-order valence-electron chi connectivity index (χ3n) is 2.45. The molecule has 2 N–H and O–H groups in total. The summed E-state index contributed by atoms with van der Waals surface area (Å²) in [5.74, 6) is -0.249. The summed E-state index contributed by atoms with van der Waals surface area (Å²) in [6.45, 7) is 1.90. The van der Waals surface area contributed by atoms with Crippen LogP contribution in [-0.2, 0) is 13.5 Å². The molecule has 0 aliphatic heterocycles. The molecule has 2 rings (SSSR count). The van der Waals surface area contributed by atoms with Gasteiger partial charge in [-0.3, -0.25) is 0 Å². The third kappa shape index (κ3) is 2.88. The molecule has 0 saturated carbocycles. The van der Waals surface area contributed by atoms with Crippen LogP contribution >= 0.6 is 11.8 Å². The SMILES string of the molecule is CC(N)Cc1cccc(F)c1Sc1ncnn1C. The second-order valence-electron chi connectivity index (χ2n) is 4.18. The highest BCUT2D eigenvalue weighted by Gasteiger charge is 2.13. The highest BCUT2D eigenvalue weighted by atomic mass is 32.2. The molecule has 1 atom stereocenters. The van der Waals surface area contributed by atoms with E-state index in [1.165, 1.54) is 24.2 Å². The number of hydrogen-bond donors (Lipinski definition) is 1. The molecule has 1 unspecified atom stereocenters. The molecule has 0 saturated heterocycles. The molecular formula is C12H15FN4S. The zero-order chi connectivity index (χ0) is 13.1. The highest BCUT2D eigenvalue weighted by molar-refractivity contribution is 7.99. The first-order valence-corrected chi connectivity index (χ1v) is 6.44. The van der Waals surface area contributed by atoms with Gasteiger partial charge in [0.15, 0.2) is 5.16 Å². The molecule has 0 fully saturated rings. The van der Waals surface area contributed by atoms with Gasteiger partial charge in [0, 0.05) is 13.1 Å². The van der Waals surface area contributed by atoms with Crippen LogP contribution in [0.4, 0.5) is 4.39 Å². The Bertz CT molecular complexity index is 539. The van der Waals surface area contributed by atoms with Crippen molar-refractivity contribution in [3.05, 3.63) is 35.9 Å². The Morgan fingerprint density at radius 1 is 1.50 bits per heavy atom. The van der Waals surface area contributed by atoms with E-state index in [1.54, 1.807) is 17.8 Å². The predicted molar refractivity (Wildman–Crippen MR) is 68.9 cm³/mol. The number of nitrogens with two attached hydrogens (primary N) is 1. The highest BCUT2D eigenvalue weighted by Crippen LogP contribution is 2.31. The summed E-state index contributed by atoms with van der Waals surface area (Å²) < 4.78 is 15.5. The average molecular weight is 266 g/mol. The fraction of sp³-hybridized carbons (Fsp3) is 0.333. The van der Waals surface area contributed by atoms with E-state index in [-0.39, 0.29) is 11.9 Å². The van der Waals surface area contributed by atoms with E-state index >= 15 is 0 Å². The van der Waals surface area contributed by atoms with Crippen molar-refractivity contribution >= 4 is 11.8 Å². The molecule has 0 spiro atoms. The lowest BCUT2D eigenvalue weighted by Crippen LogP contribution is -2.18. The number of aromatic nitrogens is 3. The van der Waals surface area contributed by atoms with Gasteiger partial charge >= 0.3 is 0 Å². The van der Waals surface area contributed by atoms with Crippen molar-refractivity contribution in [2.75, 3.05) is 0 Å². The molecule has 18 heavy (non-hydrogen) atoms. The number of aryl methyl sites for hydroxylation is 1. The lowest BCUT2D eigenvalue weighted by Gasteiger charge is -2.11. The molecule has 6 heteroatoms. The van der Waals surface area contributed by atoms with E-state index in [4.69, 9.17) is 5.73 Å². The van der Waals surface area contributed by atoms with Crippen LogP contribution in [0.3, 0.4) is 0 Å². The van der Waals surface area contributed by atoms with Gasteiger partial charge in [0.1, 0.15) is 12.1 Å². The molecule has 0 aliphatic carbocycles. The van der Waals surface area contributed by atoms with Gasteiger partial charge in [-0.05, 0) is 36.7 Å². The minimum absolute atomic E-state index is 0.00866. The molecule has 1 aromatic carbocycles. The van der Waals surface area contributed by atoms with Crippen molar-refractivity contribution < 1.29 is 4.39 Å². The Balaban J connectivity index is 2.34. The van der Waals surface area contributed by atoms with Crippen molar-refractivity contribution in [1.82, 2.24) is 14.8 Å². The molecule has 0 radical (unpaired) electrons. The molecule has 0 bridgehead atoms. The Hall–Kier alpha value is -1.40. The normalized spacial score (nSPS) is 12.7. The van der Waals surface area contributed by atoms with Crippen LogP contribution in [0.1, 0.15) is 12.5 Å². The first-order valence-electron chi connectivity index (χ1n) is 5.62. The van der Waals surface area contributed by atoms with Crippen molar-refractivity contribution in [3.63, 3.8) is 0 Å². The van der Waals surface area contributed by atoms with Crippen molar-refractivity contribution in [2.24, 2.45) is 12.8 Å². The maximum Gasteiger partial charge on any atom is 0.190 e. The van der Waals surface area contributed by atoms with Gasteiger partial charge in [0.05, 0.1) is 4.90 Å². The first kappa shape index (κ1) is 13.0. The Kier molecular flexibility index (Phi) is 3.98. The van der Waals surface area contributed by atoms with Gasteiger partial charge in [-0.25, -0.2) is 14.1 Å². The average Bonchev–Trinajstić information content (AvgIpc) is 2.68. The molecule has 2 aromatic rings. The number of benzene rings is 1. The summed E-state index contributed by atoms with van der Waals surface area (Å²) in [6.07, 6.45) is 2.09. The van der Waals surface area contributed by atoms with Crippen molar-refractivity contribution in [3.8, 4) is 0 Å². The Morgan fingerprint density at radius 3 is 2.89 bits per heavy atom. The maximum absolute atomic E-state index is 13.9. The number of hydrogen-bond acceptors (Lipinski definition) is 4. The van der Waals surface area contributed by atoms with E-state index < -0.39 is 0 Å². The summed E-state index contributed by atoms with van der Waals surface area (Å²) in [6, 6.07) is 5.04. The molecule has 0 amide bonds. The third-order valence-corrected chi connectivity index (χ3v) is 3.67. The molecular weight excluding hydrogens is 251 g/mol. The standard InChI is InChI=1S/C12H15FN4S/c1-8(14)6-9-4-3-5-10(13)11(9)18-12-15-7-16-17(12)2/h3-5,7-8H,6,14H2,1-2H3. The smallest absolute Gasteiger partial charge is 0.190 e. The summed E-state index contributed by atoms with van der Waals surface area (Å²) in [4.78, 5) is 4.66. The van der Waals surface area contributed by atoms with Gasteiger partial charge in [0.25, 0.3) is 0 Å². The monoisotopic (exact) mass is 266 g/mol. The van der Waals surface area contributed by atoms with Gasteiger partial charge in [-0.1, -0.05) is 12.1 Å². The van der Waals surface area contributed by atoms with Crippen LogP contribution in [0.25, 0.3) is 0 Å². The molecule has 1 heterocycles. The largest absolute Gasteiger partial charge is 0.328 e. The van der Waals surface area contributed by atoms with Crippen LogP contribution in [0.5, 0.6) is 0 Å². The van der Waals surface area contributed by atoms with Crippen LogP contribution < -0.4 is 5.73 Å². The number of rotatable bonds is 4. The van der Waals surface area contributed by atoms with Gasteiger partial charge in [-0.2, -0.15) is 5.10 Å². The lowest BCUT2D eigenvalue weighted by atomic mass is 10.1. The van der Waals surface area contributed by atoms with Gasteiger partial charge < -0.3 is 5.73 Å². The predicted octanol–water partition coefficient (Wildman–Crippen LogP) is 2.00. The van der Waals surface area contributed by atoms with E-state index in [1.807, 2.05) is 13.0 Å². The fourth-order valence-electron chi connectivity index (χ4n) is 1.64. The van der Waals surface area contributed by atoms with Gasteiger partial charge in [0.2, 0.25) is 0 Å². The van der Waals surface area contributed by atoms with E-state index in [0.717, 1.165) is 5.56 Å². The van der Waals surface area contributed by atoms with Gasteiger partial charge in [-0.15, -0.1) is 0 Å². The zero-order valence-corrected chi connectivity index (χ0v) is 11.1. The Morgan fingerprint density at radius 2 is 2.28 bits per heavy atom. The van der Waals surface area contributed by atoms with Crippen LogP contribution in [-0.4, -0.2) is 20.8 Å². The minimum atomic E-state index is -0.249. The van der Waals surface area contributed by atoms with Crippen molar-refractivity contribution in [1.29, 1.82) is 0 Å². The lowest BCUT2D eigenvalue weighted by molar-refractivity contribution is 0.591. The van der Waals surface area contributed by atoms with E-state index in [0.29, 0.717) is 16.5 Å². The van der Waals surface area contributed by atoms with Crippen LogP contribution in [0.15, 0.2) is 34.6 Å².